The molecular weight excluding hydrogens is 489 g/mol. The van der Waals surface area contributed by atoms with Gasteiger partial charge in [-0.3, -0.25) is 19.5 Å². The van der Waals surface area contributed by atoms with Crippen LogP contribution in [0, 0.1) is 6.92 Å². The summed E-state index contributed by atoms with van der Waals surface area (Å²) in [6, 6.07) is 9.62. The van der Waals surface area contributed by atoms with Crippen LogP contribution in [-0.2, 0) is 11.3 Å². The summed E-state index contributed by atoms with van der Waals surface area (Å²) in [5, 5.41) is 7.28. The van der Waals surface area contributed by atoms with Crippen molar-refractivity contribution >= 4 is 58.1 Å². The summed E-state index contributed by atoms with van der Waals surface area (Å²) in [5.74, 6) is -0.916. The summed E-state index contributed by atoms with van der Waals surface area (Å²) < 4.78 is 0. The molecule has 2 aromatic carbocycles. The van der Waals surface area contributed by atoms with Gasteiger partial charge in [0.15, 0.2) is 0 Å². The molecule has 8 nitrogen and oxygen atoms in total. The minimum atomic E-state index is -0.533. The summed E-state index contributed by atoms with van der Waals surface area (Å²) in [5.41, 5.74) is 1.38. The average molecular weight is 509 g/mol. The molecule has 1 heterocycles. The maximum atomic E-state index is 13.2. The number of Topliss-reactive ketones (excluding diaryl/α,β-unsaturated/α-hetero) is 1. The van der Waals surface area contributed by atoms with Crippen molar-refractivity contribution in [2.75, 3.05) is 19.0 Å². The van der Waals surface area contributed by atoms with Gasteiger partial charge in [0.25, 0.3) is 5.91 Å². The third kappa shape index (κ3) is 5.90. The first-order valence-electron chi connectivity index (χ1n) is 9.74. The second kappa shape index (κ2) is 10.3. The van der Waals surface area contributed by atoms with E-state index >= 15 is 0 Å². The highest BCUT2D eigenvalue weighted by molar-refractivity contribution is 6.42. The number of aryl methyl sites for hydroxylation is 1. The number of hydrogen-bond acceptors (Lipinski definition) is 5. The predicted molar refractivity (Wildman–Crippen MR) is 127 cm³/mol. The average Bonchev–Trinajstić information content (AvgIpc) is 3.20. The number of aromatic amines is 1. The maximum absolute atomic E-state index is 13.2. The third-order valence-corrected chi connectivity index (χ3v) is 5.74. The van der Waals surface area contributed by atoms with Crippen LogP contribution in [0.25, 0.3) is 0 Å². The fraction of sp³-hybridized carbons (Fsp3) is 0.227. The molecule has 3 rings (SSSR count). The fourth-order valence-corrected chi connectivity index (χ4v) is 3.59. The molecule has 11 heteroatoms. The quantitative estimate of drug-likeness (QED) is 0.372. The normalized spacial score (nSPS) is 10.7. The van der Waals surface area contributed by atoms with E-state index < -0.39 is 18.1 Å². The lowest BCUT2D eigenvalue weighted by atomic mass is 10.1. The lowest BCUT2D eigenvalue weighted by Gasteiger charge is -2.24. The van der Waals surface area contributed by atoms with Gasteiger partial charge in [0.1, 0.15) is 5.82 Å². The molecule has 2 amide bonds. The molecule has 0 unspecified atom stereocenters. The second-order valence-electron chi connectivity index (χ2n) is 7.44. The zero-order valence-corrected chi connectivity index (χ0v) is 20.3. The van der Waals surface area contributed by atoms with Gasteiger partial charge in [-0.2, -0.15) is 5.10 Å². The number of H-pyrrole nitrogens is 1. The Morgan fingerprint density at radius 1 is 0.970 bits per heavy atom. The Bertz CT molecular complexity index is 1230. The smallest absolute Gasteiger partial charge is 0.254 e. The van der Waals surface area contributed by atoms with Crippen LogP contribution in [0.4, 0.5) is 5.69 Å². The number of halogens is 3. The number of benzene rings is 2. The maximum Gasteiger partial charge on any atom is 0.254 e. The number of carbonyl (C=O) groups excluding carboxylic acids is 3. The number of nitrogens with zero attached hydrogens (tertiary/aromatic N) is 4. The number of rotatable bonds is 7. The molecule has 0 aliphatic rings. The molecule has 0 aliphatic carbocycles. The summed E-state index contributed by atoms with van der Waals surface area (Å²) in [7, 11) is 3.23. The lowest BCUT2D eigenvalue weighted by molar-refractivity contribution is -0.117. The van der Waals surface area contributed by atoms with Crippen molar-refractivity contribution in [1.82, 2.24) is 20.1 Å². The predicted octanol–water partition coefficient (Wildman–Crippen LogP) is 4.58. The molecule has 0 bridgehead atoms. The third-order valence-electron chi connectivity index (χ3n) is 4.69. The highest BCUT2D eigenvalue weighted by Gasteiger charge is 2.24. The van der Waals surface area contributed by atoms with Gasteiger partial charge < -0.3 is 9.80 Å². The Morgan fingerprint density at radius 3 is 2.27 bits per heavy atom. The SMILES string of the molecule is Cc1nc(C(=O)CC(=O)N(Cc2ccc(Cl)c(Cl)c2)c2ccc(C(=O)N(C)C)c(Cl)c2)n[nH]1. The van der Waals surface area contributed by atoms with Crippen molar-refractivity contribution in [2.45, 2.75) is 19.9 Å². The van der Waals surface area contributed by atoms with Gasteiger partial charge in [0.2, 0.25) is 17.5 Å². The molecule has 0 saturated carbocycles. The molecule has 1 N–H and O–H groups in total. The van der Waals surface area contributed by atoms with Crippen molar-refractivity contribution in [1.29, 1.82) is 0 Å². The van der Waals surface area contributed by atoms with E-state index in [1.807, 2.05) is 0 Å². The van der Waals surface area contributed by atoms with E-state index in [1.54, 1.807) is 45.3 Å². The zero-order chi connectivity index (χ0) is 24.3. The summed E-state index contributed by atoms with van der Waals surface area (Å²) in [6.07, 6.45) is -0.464. The van der Waals surface area contributed by atoms with Gasteiger partial charge in [-0.15, -0.1) is 0 Å². The molecule has 3 aromatic rings. The number of ketones is 1. The molecule has 0 fully saturated rings. The van der Waals surface area contributed by atoms with Crippen LogP contribution in [0.15, 0.2) is 36.4 Å². The monoisotopic (exact) mass is 507 g/mol. The van der Waals surface area contributed by atoms with Crippen molar-refractivity contribution in [3.8, 4) is 0 Å². The Hall–Kier alpha value is -2.94. The molecule has 172 valence electrons. The highest BCUT2D eigenvalue weighted by atomic mass is 35.5. The summed E-state index contributed by atoms with van der Waals surface area (Å²) in [4.78, 5) is 44.8. The van der Waals surface area contributed by atoms with Crippen molar-refractivity contribution in [2.24, 2.45) is 0 Å². The van der Waals surface area contributed by atoms with E-state index in [4.69, 9.17) is 34.8 Å². The minimum Gasteiger partial charge on any atom is -0.345 e. The molecule has 33 heavy (non-hydrogen) atoms. The van der Waals surface area contributed by atoms with Crippen LogP contribution < -0.4 is 4.90 Å². The molecule has 0 aliphatic heterocycles. The highest BCUT2D eigenvalue weighted by Crippen LogP contribution is 2.28. The zero-order valence-electron chi connectivity index (χ0n) is 18.0. The fourth-order valence-electron chi connectivity index (χ4n) is 3.01. The van der Waals surface area contributed by atoms with E-state index in [-0.39, 0.29) is 23.3 Å². The van der Waals surface area contributed by atoms with Crippen LogP contribution in [0.2, 0.25) is 15.1 Å². The van der Waals surface area contributed by atoms with Crippen LogP contribution in [-0.4, -0.2) is 51.8 Å². The van der Waals surface area contributed by atoms with Crippen molar-refractivity contribution in [3.63, 3.8) is 0 Å². The van der Waals surface area contributed by atoms with Crippen LogP contribution >= 0.6 is 34.8 Å². The summed E-state index contributed by atoms with van der Waals surface area (Å²) >= 11 is 18.5. The minimum absolute atomic E-state index is 0.0692. The number of hydrogen-bond donors (Lipinski definition) is 1. The Balaban J connectivity index is 1.94. The Labute approximate surface area is 205 Å². The van der Waals surface area contributed by atoms with Crippen LogP contribution in [0.5, 0.6) is 0 Å². The topological polar surface area (TPSA) is 99.3 Å². The molecule has 0 atom stereocenters. The van der Waals surface area contributed by atoms with Gasteiger partial charge in [0, 0.05) is 19.8 Å². The van der Waals surface area contributed by atoms with E-state index in [9.17, 15) is 14.4 Å². The van der Waals surface area contributed by atoms with E-state index in [0.29, 0.717) is 32.7 Å². The van der Waals surface area contributed by atoms with Crippen molar-refractivity contribution < 1.29 is 14.4 Å². The molecule has 0 saturated heterocycles. The van der Waals surface area contributed by atoms with Crippen LogP contribution in [0.3, 0.4) is 0 Å². The van der Waals surface area contributed by atoms with Gasteiger partial charge in [-0.1, -0.05) is 40.9 Å². The molecular formula is C22H20Cl3N5O3. The Morgan fingerprint density at radius 2 is 1.70 bits per heavy atom. The van der Waals surface area contributed by atoms with E-state index in [0.717, 1.165) is 0 Å². The van der Waals surface area contributed by atoms with E-state index in [1.165, 1.54) is 21.9 Å². The Kier molecular flexibility index (Phi) is 7.73. The molecule has 0 radical (unpaired) electrons. The summed E-state index contributed by atoms with van der Waals surface area (Å²) in [6.45, 7) is 1.74. The van der Waals surface area contributed by atoms with Gasteiger partial charge in [-0.05, 0) is 42.8 Å². The first-order chi connectivity index (χ1) is 15.6. The largest absolute Gasteiger partial charge is 0.345 e. The van der Waals surface area contributed by atoms with Gasteiger partial charge in [0.05, 0.1) is 33.6 Å². The van der Waals surface area contributed by atoms with E-state index in [2.05, 4.69) is 15.2 Å². The van der Waals surface area contributed by atoms with Gasteiger partial charge >= 0.3 is 0 Å². The second-order valence-corrected chi connectivity index (χ2v) is 8.66. The van der Waals surface area contributed by atoms with Crippen LogP contribution in [0.1, 0.15) is 38.8 Å². The first kappa shape index (κ1) is 24.7. The molecule has 0 spiro atoms. The standard InChI is InChI=1S/C22H20Cl3N5O3/c1-12-26-21(28-27-12)19(31)10-20(32)30(11-13-4-7-16(23)18(25)8-13)14-5-6-15(17(24)9-14)22(33)29(2)3/h4-9H,10-11H2,1-3H3,(H,26,27,28). The number of nitrogens with one attached hydrogen (secondary N) is 1. The number of aromatic nitrogens is 3. The van der Waals surface area contributed by atoms with Gasteiger partial charge in [-0.25, -0.2) is 4.98 Å². The number of carbonyl (C=O) groups is 3. The van der Waals surface area contributed by atoms with Crippen molar-refractivity contribution in [3.05, 3.63) is 74.2 Å². The first-order valence-corrected chi connectivity index (χ1v) is 10.9. The number of anilines is 1. The molecule has 1 aromatic heterocycles. The lowest BCUT2D eigenvalue weighted by Crippen LogP contribution is -2.32. The number of amides is 2.